The zero-order chi connectivity index (χ0) is 15.4. The smallest absolute Gasteiger partial charge is 0.276 e. The lowest BCUT2D eigenvalue weighted by molar-refractivity contribution is -0.121. The molecule has 0 bridgehead atoms. The van der Waals surface area contributed by atoms with Gasteiger partial charge in [-0.1, -0.05) is 49.0 Å². The van der Waals surface area contributed by atoms with Crippen molar-refractivity contribution in [2.24, 2.45) is 5.41 Å². The van der Waals surface area contributed by atoms with Crippen LogP contribution in [0.4, 0.5) is 0 Å². The van der Waals surface area contributed by atoms with Crippen LogP contribution in [0.1, 0.15) is 30.7 Å². The lowest BCUT2D eigenvalue weighted by Crippen LogP contribution is -2.47. The molecular formula is C16H20N2O3S. The number of aliphatic hydroxyl groups is 1. The number of hydrogen-bond acceptors (Lipinski definition) is 6. The second-order valence-electron chi connectivity index (χ2n) is 5.72. The van der Waals surface area contributed by atoms with Crippen LogP contribution in [0, 0.1) is 5.41 Å². The molecule has 0 aliphatic carbocycles. The van der Waals surface area contributed by atoms with Gasteiger partial charge in [0.15, 0.2) is 0 Å². The normalized spacial score (nSPS) is 17.9. The van der Waals surface area contributed by atoms with Crippen LogP contribution in [0.15, 0.2) is 40.0 Å². The Kier molecular flexibility index (Phi) is 4.81. The Balaban J connectivity index is 1.67. The van der Waals surface area contributed by atoms with Crippen molar-refractivity contribution in [3.63, 3.8) is 0 Å². The highest BCUT2D eigenvalue weighted by atomic mass is 32.2. The molecule has 1 fully saturated rings. The fraction of sp³-hybridized carbons (Fsp3) is 0.500. The van der Waals surface area contributed by atoms with Gasteiger partial charge in [-0.15, -0.1) is 10.2 Å². The molecule has 1 aromatic heterocycles. The molecule has 1 aromatic carbocycles. The molecule has 1 unspecified atom stereocenters. The van der Waals surface area contributed by atoms with Crippen molar-refractivity contribution < 1.29 is 14.3 Å². The SMILES string of the molecule is CCC(c1ccccc1)c1nnc(SCC2(CO)COC2)o1. The maximum atomic E-state index is 9.43. The molecular weight excluding hydrogens is 300 g/mol. The molecule has 1 N–H and O–H groups in total. The van der Waals surface area contributed by atoms with E-state index in [9.17, 15) is 5.11 Å². The van der Waals surface area contributed by atoms with Gasteiger partial charge in [-0.25, -0.2) is 0 Å². The lowest BCUT2D eigenvalue weighted by atomic mass is 9.90. The molecule has 22 heavy (non-hydrogen) atoms. The molecule has 6 heteroatoms. The monoisotopic (exact) mass is 320 g/mol. The van der Waals surface area contributed by atoms with Gasteiger partial charge >= 0.3 is 0 Å². The van der Waals surface area contributed by atoms with E-state index in [4.69, 9.17) is 9.15 Å². The van der Waals surface area contributed by atoms with Crippen LogP contribution < -0.4 is 0 Å². The summed E-state index contributed by atoms with van der Waals surface area (Å²) in [5, 5.41) is 18.3. The zero-order valence-corrected chi connectivity index (χ0v) is 13.4. The van der Waals surface area contributed by atoms with Crippen LogP contribution in [0.25, 0.3) is 0 Å². The first kappa shape index (κ1) is 15.5. The van der Waals surface area contributed by atoms with E-state index < -0.39 is 0 Å². The number of benzene rings is 1. The number of hydrogen-bond donors (Lipinski definition) is 1. The van der Waals surface area contributed by atoms with Crippen molar-refractivity contribution in [3.05, 3.63) is 41.8 Å². The topological polar surface area (TPSA) is 68.4 Å². The molecule has 2 heterocycles. The van der Waals surface area contributed by atoms with Gasteiger partial charge in [-0.2, -0.15) is 0 Å². The second kappa shape index (κ2) is 6.81. The molecule has 118 valence electrons. The highest BCUT2D eigenvalue weighted by Crippen LogP contribution is 2.35. The maximum Gasteiger partial charge on any atom is 0.276 e. The van der Waals surface area contributed by atoms with Crippen LogP contribution in [0.5, 0.6) is 0 Å². The third kappa shape index (κ3) is 3.19. The Bertz CT molecular complexity index is 593. The Morgan fingerprint density at radius 2 is 2.05 bits per heavy atom. The molecule has 5 nitrogen and oxygen atoms in total. The Hall–Kier alpha value is -1.37. The summed E-state index contributed by atoms with van der Waals surface area (Å²) in [5.41, 5.74) is 1.03. The van der Waals surface area contributed by atoms with Gasteiger partial charge in [0, 0.05) is 11.2 Å². The zero-order valence-electron chi connectivity index (χ0n) is 12.6. The predicted octanol–water partition coefficient (Wildman–Crippen LogP) is 2.71. The Labute approximate surface area is 134 Å². The average Bonchev–Trinajstić information content (AvgIpc) is 2.97. The molecule has 1 saturated heterocycles. The van der Waals surface area contributed by atoms with Gasteiger partial charge in [0.1, 0.15) is 0 Å². The molecule has 0 amide bonds. The molecule has 0 spiro atoms. The maximum absolute atomic E-state index is 9.43. The highest BCUT2D eigenvalue weighted by molar-refractivity contribution is 7.99. The summed E-state index contributed by atoms with van der Waals surface area (Å²) in [6, 6.07) is 10.2. The minimum absolute atomic E-state index is 0.127. The van der Waals surface area contributed by atoms with Crippen LogP contribution >= 0.6 is 11.8 Å². The first-order chi connectivity index (χ1) is 10.8. The molecule has 1 aliphatic rings. The van der Waals surface area contributed by atoms with E-state index in [1.54, 1.807) is 0 Å². The van der Waals surface area contributed by atoms with Crippen molar-refractivity contribution in [3.8, 4) is 0 Å². The average molecular weight is 320 g/mol. The van der Waals surface area contributed by atoms with E-state index in [0.717, 1.165) is 12.2 Å². The van der Waals surface area contributed by atoms with E-state index >= 15 is 0 Å². The van der Waals surface area contributed by atoms with E-state index in [0.29, 0.717) is 24.3 Å². The standard InChI is InChI=1S/C16H20N2O3S/c1-2-13(12-6-4-3-5-7-12)14-17-18-15(21-14)22-11-16(8-19)9-20-10-16/h3-7,13,19H,2,8-11H2,1H3. The predicted molar refractivity (Wildman–Crippen MR) is 83.9 cm³/mol. The van der Waals surface area contributed by atoms with Crippen LogP contribution in [-0.2, 0) is 4.74 Å². The molecule has 0 radical (unpaired) electrons. The van der Waals surface area contributed by atoms with Gasteiger partial charge in [-0.3, -0.25) is 0 Å². The second-order valence-corrected chi connectivity index (χ2v) is 6.64. The van der Waals surface area contributed by atoms with Gasteiger partial charge < -0.3 is 14.3 Å². The van der Waals surface area contributed by atoms with Gasteiger partial charge in [0.2, 0.25) is 5.89 Å². The van der Waals surface area contributed by atoms with Gasteiger partial charge in [-0.05, 0) is 12.0 Å². The molecule has 1 aliphatic heterocycles. The third-order valence-electron chi connectivity index (χ3n) is 3.98. The summed E-state index contributed by atoms with van der Waals surface area (Å²) < 4.78 is 11.0. The number of thioether (sulfide) groups is 1. The van der Waals surface area contributed by atoms with Gasteiger partial charge in [0.25, 0.3) is 5.22 Å². The number of aromatic nitrogens is 2. The van der Waals surface area contributed by atoms with Crippen LogP contribution in [0.3, 0.4) is 0 Å². The molecule has 1 atom stereocenters. The number of rotatable bonds is 7. The summed E-state index contributed by atoms with van der Waals surface area (Å²) in [6.45, 7) is 3.43. The first-order valence-electron chi connectivity index (χ1n) is 7.46. The summed E-state index contributed by atoms with van der Waals surface area (Å²) >= 11 is 1.49. The highest BCUT2D eigenvalue weighted by Gasteiger charge is 2.38. The molecule has 3 rings (SSSR count). The number of ether oxygens (including phenoxy) is 1. The Morgan fingerprint density at radius 3 is 2.64 bits per heavy atom. The lowest BCUT2D eigenvalue weighted by Gasteiger charge is -2.39. The molecule has 2 aromatic rings. The van der Waals surface area contributed by atoms with E-state index in [1.165, 1.54) is 17.3 Å². The Morgan fingerprint density at radius 1 is 1.27 bits per heavy atom. The minimum atomic E-state index is -0.150. The van der Waals surface area contributed by atoms with E-state index in [1.807, 2.05) is 18.2 Å². The minimum Gasteiger partial charge on any atom is -0.415 e. The van der Waals surface area contributed by atoms with Crippen molar-refractivity contribution in [1.82, 2.24) is 10.2 Å². The van der Waals surface area contributed by atoms with Gasteiger partial charge in [0.05, 0.1) is 25.7 Å². The summed E-state index contributed by atoms with van der Waals surface area (Å²) in [7, 11) is 0. The quantitative estimate of drug-likeness (QED) is 0.791. The van der Waals surface area contributed by atoms with E-state index in [2.05, 4.69) is 29.3 Å². The fourth-order valence-corrected chi connectivity index (χ4v) is 3.41. The van der Waals surface area contributed by atoms with Crippen molar-refractivity contribution >= 4 is 11.8 Å². The first-order valence-corrected chi connectivity index (χ1v) is 8.45. The van der Waals surface area contributed by atoms with Crippen molar-refractivity contribution in [1.29, 1.82) is 0 Å². The summed E-state index contributed by atoms with van der Waals surface area (Å²) in [4.78, 5) is 0. The largest absolute Gasteiger partial charge is 0.415 e. The number of aliphatic hydroxyl groups excluding tert-OH is 1. The summed E-state index contributed by atoms with van der Waals surface area (Å²) in [5.74, 6) is 1.51. The van der Waals surface area contributed by atoms with E-state index in [-0.39, 0.29) is 17.9 Å². The van der Waals surface area contributed by atoms with Crippen LogP contribution in [0.2, 0.25) is 0 Å². The van der Waals surface area contributed by atoms with Crippen molar-refractivity contribution in [2.75, 3.05) is 25.6 Å². The van der Waals surface area contributed by atoms with Crippen LogP contribution in [-0.4, -0.2) is 40.9 Å². The third-order valence-corrected chi connectivity index (χ3v) is 5.15. The summed E-state index contributed by atoms with van der Waals surface area (Å²) in [6.07, 6.45) is 0.907. The number of nitrogens with zero attached hydrogens (tertiary/aromatic N) is 2. The molecule has 0 saturated carbocycles. The fourth-order valence-electron chi connectivity index (χ4n) is 2.48. The van der Waals surface area contributed by atoms with Crippen molar-refractivity contribution in [2.45, 2.75) is 24.5 Å².